The zero-order valence-electron chi connectivity index (χ0n) is 8.02. The van der Waals surface area contributed by atoms with E-state index in [9.17, 15) is 4.39 Å². The summed E-state index contributed by atoms with van der Waals surface area (Å²) < 4.78 is 14.7. The fraction of sp³-hybridized carbons (Fsp3) is 0.100. The van der Waals surface area contributed by atoms with Gasteiger partial charge in [0.15, 0.2) is 0 Å². The lowest BCUT2D eigenvalue weighted by atomic mass is 10.2. The number of halogens is 1. The molecule has 2 aromatic rings. The molecule has 2 rings (SSSR count). The van der Waals surface area contributed by atoms with Gasteiger partial charge < -0.3 is 11.5 Å². The maximum Gasteiger partial charge on any atom is 0.145 e. The third-order valence-electron chi connectivity index (χ3n) is 2.05. The Balaban J connectivity index is 2.48. The summed E-state index contributed by atoms with van der Waals surface area (Å²) in [7, 11) is 0. The second-order valence-corrected chi connectivity index (χ2v) is 3.21. The summed E-state index contributed by atoms with van der Waals surface area (Å²) in [5.74, 6) is 0.0654. The molecule has 15 heavy (non-hydrogen) atoms. The number of hydrogen-bond donors (Lipinski definition) is 2. The van der Waals surface area contributed by atoms with Crippen molar-refractivity contribution in [2.75, 3.05) is 5.73 Å². The molecule has 0 amide bonds. The smallest absolute Gasteiger partial charge is 0.145 e. The highest BCUT2D eigenvalue weighted by atomic mass is 19.1. The monoisotopic (exact) mass is 206 g/mol. The predicted octanol–water partition coefficient (Wildman–Crippen LogP) is 1.05. The average molecular weight is 206 g/mol. The van der Waals surface area contributed by atoms with Crippen molar-refractivity contribution >= 4 is 5.82 Å². The van der Waals surface area contributed by atoms with Gasteiger partial charge in [-0.2, -0.15) is 5.10 Å². The van der Waals surface area contributed by atoms with Gasteiger partial charge in [-0.1, -0.05) is 0 Å². The molecule has 4 nitrogen and oxygen atoms in total. The van der Waals surface area contributed by atoms with Crippen LogP contribution >= 0.6 is 0 Å². The van der Waals surface area contributed by atoms with Crippen molar-refractivity contribution in [2.45, 2.75) is 6.54 Å². The number of benzene rings is 1. The number of hydrogen-bond acceptors (Lipinski definition) is 3. The van der Waals surface area contributed by atoms with Crippen LogP contribution in [-0.2, 0) is 6.54 Å². The lowest BCUT2D eigenvalue weighted by Gasteiger charge is -2.04. The van der Waals surface area contributed by atoms with Gasteiger partial charge in [-0.3, -0.25) is 0 Å². The molecule has 0 saturated carbocycles. The number of nitrogen functional groups attached to an aromatic ring is 1. The van der Waals surface area contributed by atoms with Crippen molar-refractivity contribution in [3.05, 3.63) is 41.8 Å². The Morgan fingerprint density at radius 2 is 2.13 bits per heavy atom. The molecule has 78 valence electrons. The van der Waals surface area contributed by atoms with E-state index in [0.717, 1.165) is 5.56 Å². The van der Waals surface area contributed by atoms with E-state index in [1.165, 1.54) is 16.8 Å². The van der Waals surface area contributed by atoms with Crippen LogP contribution in [-0.4, -0.2) is 9.78 Å². The van der Waals surface area contributed by atoms with Crippen LogP contribution in [0.2, 0.25) is 0 Å². The van der Waals surface area contributed by atoms with Crippen molar-refractivity contribution in [3.8, 4) is 5.69 Å². The van der Waals surface area contributed by atoms with E-state index in [1.54, 1.807) is 18.3 Å². The second kappa shape index (κ2) is 3.70. The first-order valence-electron chi connectivity index (χ1n) is 4.50. The van der Waals surface area contributed by atoms with Crippen LogP contribution in [0, 0.1) is 5.82 Å². The Labute approximate surface area is 86.3 Å². The minimum absolute atomic E-state index is 0.293. The summed E-state index contributed by atoms with van der Waals surface area (Å²) in [6.07, 6.45) is 1.67. The molecule has 0 unspecified atom stereocenters. The highest BCUT2D eigenvalue weighted by molar-refractivity contribution is 5.38. The quantitative estimate of drug-likeness (QED) is 0.771. The SMILES string of the molecule is NCc1cc(F)cc(-n2ccc(N)n2)c1. The molecular formula is C10H11FN4. The van der Waals surface area contributed by atoms with Crippen molar-refractivity contribution in [1.82, 2.24) is 9.78 Å². The molecule has 1 aromatic heterocycles. The minimum atomic E-state index is -0.331. The van der Waals surface area contributed by atoms with Crippen LogP contribution in [0.3, 0.4) is 0 Å². The molecule has 0 saturated heterocycles. The molecule has 0 atom stereocenters. The van der Waals surface area contributed by atoms with Gasteiger partial charge in [-0.25, -0.2) is 9.07 Å². The van der Waals surface area contributed by atoms with Crippen molar-refractivity contribution in [3.63, 3.8) is 0 Å². The molecule has 0 fully saturated rings. The van der Waals surface area contributed by atoms with Gasteiger partial charge in [0.2, 0.25) is 0 Å². The second-order valence-electron chi connectivity index (χ2n) is 3.21. The van der Waals surface area contributed by atoms with Gasteiger partial charge in [-0.15, -0.1) is 0 Å². The average Bonchev–Trinajstić information content (AvgIpc) is 2.64. The van der Waals surface area contributed by atoms with Crippen LogP contribution in [0.5, 0.6) is 0 Å². The van der Waals surface area contributed by atoms with Crippen LogP contribution in [0.4, 0.5) is 10.2 Å². The Hall–Kier alpha value is -1.88. The normalized spacial score (nSPS) is 10.5. The van der Waals surface area contributed by atoms with Gasteiger partial charge in [0.1, 0.15) is 11.6 Å². The fourth-order valence-corrected chi connectivity index (χ4v) is 1.37. The van der Waals surface area contributed by atoms with Crippen molar-refractivity contribution in [1.29, 1.82) is 0 Å². The summed E-state index contributed by atoms with van der Waals surface area (Å²) >= 11 is 0. The topological polar surface area (TPSA) is 69.9 Å². The van der Waals surface area contributed by atoms with E-state index < -0.39 is 0 Å². The number of nitrogens with zero attached hydrogens (tertiary/aromatic N) is 2. The maximum atomic E-state index is 13.2. The van der Waals surface area contributed by atoms with E-state index in [1.807, 2.05) is 0 Å². The Morgan fingerprint density at radius 3 is 2.73 bits per heavy atom. The van der Waals surface area contributed by atoms with Crippen molar-refractivity contribution < 1.29 is 4.39 Å². The third-order valence-corrected chi connectivity index (χ3v) is 2.05. The summed E-state index contributed by atoms with van der Waals surface area (Å²) in [4.78, 5) is 0. The third kappa shape index (κ3) is 1.97. The van der Waals surface area contributed by atoms with Crippen molar-refractivity contribution in [2.24, 2.45) is 5.73 Å². The zero-order chi connectivity index (χ0) is 10.8. The van der Waals surface area contributed by atoms with Gasteiger partial charge in [-0.05, 0) is 23.8 Å². The number of nitrogens with two attached hydrogens (primary N) is 2. The summed E-state index contributed by atoms with van der Waals surface area (Å²) in [5.41, 5.74) is 12.3. The lowest BCUT2D eigenvalue weighted by Crippen LogP contribution is -2.01. The van der Waals surface area contributed by atoms with Crippen LogP contribution in [0.25, 0.3) is 5.69 Å². The van der Waals surface area contributed by atoms with E-state index in [4.69, 9.17) is 11.5 Å². The largest absolute Gasteiger partial charge is 0.382 e. The summed E-state index contributed by atoms with van der Waals surface area (Å²) in [6.45, 7) is 0.293. The first-order valence-corrected chi connectivity index (χ1v) is 4.50. The lowest BCUT2D eigenvalue weighted by molar-refractivity contribution is 0.623. The standard InChI is InChI=1S/C10H11FN4/c11-8-3-7(6-12)4-9(5-8)15-2-1-10(13)14-15/h1-5H,6,12H2,(H2,13,14). The summed E-state index contributed by atoms with van der Waals surface area (Å²) in [6, 6.07) is 6.20. The number of anilines is 1. The fourth-order valence-electron chi connectivity index (χ4n) is 1.37. The number of rotatable bonds is 2. The zero-order valence-corrected chi connectivity index (χ0v) is 8.02. The molecule has 0 bridgehead atoms. The van der Waals surface area contributed by atoms with E-state index in [2.05, 4.69) is 5.10 Å². The molecule has 1 heterocycles. The Bertz CT molecular complexity index is 478. The Kier molecular flexibility index (Phi) is 2.39. The first kappa shape index (κ1) is 9.67. The van der Waals surface area contributed by atoms with Gasteiger partial charge in [0.05, 0.1) is 5.69 Å². The molecule has 0 aliphatic heterocycles. The number of aromatic nitrogens is 2. The van der Waals surface area contributed by atoms with Crippen LogP contribution in [0.15, 0.2) is 30.5 Å². The highest BCUT2D eigenvalue weighted by Crippen LogP contribution is 2.13. The molecular weight excluding hydrogens is 195 g/mol. The molecule has 4 N–H and O–H groups in total. The molecule has 5 heteroatoms. The molecule has 0 radical (unpaired) electrons. The maximum absolute atomic E-state index is 13.2. The van der Waals surface area contributed by atoms with Gasteiger partial charge >= 0.3 is 0 Å². The van der Waals surface area contributed by atoms with Crippen LogP contribution < -0.4 is 11.5 Å². The summed E-state index contributed by atoms with van der Waals surface area (Å²) in [5, 5.41) is 3.98. The molecule has 0 aliphatic rings. The van der Waals surface area contributed by atoms with Gasteiger partial charge in [0, 0.05) is 18.8 Å². The molecule has 0 aliphatic carbocycles. The first-order chi connectivity index (χ1) is 7.19. The molecule has 1 aromatic carbocycles. The van der Waals surface area contributed by atoms with E-state index in [-0.39, 0.29) is 5.82 Å². The Morgan fingerprint density at radius 1 is 1.33 bits per heavy atom. The molecule has 0 spiro atoms. The van der Waals surface area contributed by atoms with E-state index >= 15 is 0 Å². The predicted molar refractivity (Wildman–Crippen MR) is 55.8 cm³/mol. The van der Waals surface area contributed by atoms with E-state index in [0.29, 0.717) is 18.1 Å². The minimum Gasteiger partial charge on any atom is -0.382 e. The highest BCUT2D eigenvalue weighted by Gasteiger charge is 2.03. The van der Waals surface area contributed by atoms with Gasteiger partial charge in [0.25, 0.3) is 0 Å². The van der Waals surface area contributed by atoms with Crippen LogP contribution in [0.1, 0.15) is 5.56 Å².